The van der Waals surface area contributed by atoms with Gasteiger partial charge in [0, 0.05) is 68.8 Å². The van der Waals surface area contributed by atoms with Crippen LogP contribution in [0.3, 0.4) is 0 Å². The van der Waals surface area contributed by atoms with Crippen LogP contribution in [0.4, 0.5) is 5.69 Å². The number of hydrogen-bond donors (Lipinski definition) is 0. The average molecular weight is 515 g/mol. The predicted molar refractivity (Wildman–Crippen MR) is 152 cm³/mol. The van der Waals surface area contributed by atoms with E-state index in [1.165, 1.54) is 37.1 Å². The van der Waals surface area contributed by atoms with Gasteiger partial charge in [-0.25, -0.2) is 4.52 Å². The molecule has 0 unspecified atom stereocenters. The van der Waals surface area contributed by atoms with Gasteiger partial charge in [-0.2, -0.15) is 5.10 Å². The summed E-state index contributed by atoms with van der Waals surface area (Å²) >= 11 is 0. The van der Waals surface area contributed by atoms with Crippen LogP contribution in [0, 0.1) is 11.8 Å². The van der Waals surface area contributed by atoms with E-state index < -0.39 is 0 Å². The fourth-order valence-corrected chi connectivity index (χ4v) is 6.69. The van der Waals surface area contributed by atoms with Crippen LogP contribution in [-0.2, 0) is 4.79 Å². The van der Waals surface area contributed by atoms with Crippen molar-refractivity contribution >= 4 is 17.1 Å². The normalized spacial score (nSPS) is 25.0. The molecule has 38 heavy (non-hydrogen) atoms. The Morgan fingerprint density at radius 3 is 2.45 bits per heavy atom. The van der Waals surface area contributed by atoms with Crippen molar-refractivity contribution in [3.8, 4) is 11.3 Å². The van der Waals surface area contributed by atoms with Gasteiger partial charge in [-0.15, -0.1) is 0 Å². The number of anilines is 1. The molecule has 3 aliphatic rings. The number of hydrogen-bond acceptors (Lipinski definition) is 5. The van der Waals surface area contributed by atoms with Crippen molar-refractivity contribution in [2.24, 2.45) is 11.8 Å². The number of likely N-dealkylation sites (tertiary alicyclic amines) is 1. The van der Waals surface area contributed by atoms with Crippen LogP contribution in [0.2, 0.25) is 0 Å². The lowest BCUT2D eigenvalue weighted by atomic mass is 9.82. The van der Waals surface area contributed by atoms with Crippen molar-refractivity contribution in [1.29, 1.82) is 0 Å². The minimum absolute atomic E-state index is 0.236. The summed E-state index contributed by atoms with van der Waals surface area (Å²) in [5.41, 5.74) is 5.70. The fraction of sp³-hybridized carbons (Fsp3) is 0.581. The van der Waals surface area contributed by atoms with Gasteiger partial charge >= 0.3 is 0 Å². The van der Waals surface area contributed by atoms with Crippen molar-refractivity contribution in [1.82, 2.24) is 24.4 Å². The van der Waals surface area contributed by atoms with E-state index in [-0.39, 0.29) is 5.92 Å². The number of aromatic nitrogens is 3. The van der Waals surface area contributed by atoms with Crippen molar-refractivity contribution < 1.29 is 4.79 Å². The van der Waals surface area contributed by atoms with Crippen molar-refractivity contribution in [3.63, 3.8) is 0 Å². The van der Waals surface area contributed by atoms with Crippen LogP contribution in [0.15, 0.2) is 42.9 Å². The van der Waals surface area contributed by atoms with Crippen LogP contribution < -0.4 is 4.90 Å². The van der Waals surface area contributed by atoms with Gasteiger partial charge in [-0.3, -0.25) is 9.78 Å². The van der Waals surface area contributed by atoms with E-state index in [9.17, 15) is 4.79 Å². The Morgan fingerprint density at radius 1 is 0.974 bits per heavy atom. The molecule has 0 N–H and O–H groups in total. The van der Waals surface area contributed by atoms with Crippen molar-refractivity contribution in [2.45, 2.75) is 64.8 Å². The maximum absolute atomic E-state index is 13.1. The molecule has 1 saturated carbocycles. The van der Waals surface area contributed by atoms with Gasteiger partial charge in [-0.1, -0.05) is 13.0 Å². The number of rotatable bonds is 5. The summed E-state index contributed by atoms with van der Waals surface area (Å²) in [5.74, 6) is 1.96. The van der Waals surface area contributed by atoms with Crippen LogP contribution in [0.25, 0.3) is 16.8 Å². The third-order valence-electron chi connectivity index (χ3n) is 9.29. The highest BCUT2D eigenvalue weighted by Gasteiger charge is 2.30. The fourth-order valence-electron chi connectivity index (χ4n) is 6.69. The highest BCUT2D eigenvalue weighted by atomic mass is 16.2. The van der Waals surface area contributed by atoms with E-state index >= 15 is 0 Å². The Labute approximate surface area is 226 Å². The zero-order chi connectivity index (χ0) is 26.2. The quantitative estimate of drug-likeness (QED) is 0.476. The van der Waals surface area contributed by atoms with Crippen LogP contribution >= 0.6 is 0 Å². The molecule has 1 amide bonds. The second kappa shape index (κ2) is 10.7. The first kappa shape index (κ1) is 25.4. The van der Waals surface area contributed by atoms with E-state index in [0.717, 1.165) is 68.3 Å². The van der Waals surface area contributed by atoms with Crippen molar-refractivity contribution in [3.05, 3.63) is 48.4 Å². The molecule has 0 aromatic carbocycles. The second-order valence-electron chi connectivity index (χ2n) is 12.1. The summed E-state index contributed by atoms with van der Waals surface area (Å²) in [6.07, 6.45) is 11.7. The highest BCUT2D eigenvalue weighted by Crippen LogP contribution is 2.32. The lowest BCUT2D eigenvalue weighted by Crippen LogP contribution is -2.50. The van der Waals surface area contributed by atoms with Gasteiger partial charge in [0.2, 0.25) is 5.91 Å². The first-order valence-electron chi connectivity index (χ1n) is 14.7. The summed E-state index contributed by atoms with van der Waals surface area (Å²) in [6.45, 7) is 12.5. The molecular weight excluding hydrogens is 472 g/mol. The molecule has 202 valence electrons. The van der Waals surface area contributed by atoms with Gasteiger partial charge in [0.05, 0.1) is 16.9 Å². The Morgan fingerprint density at radius 2 is 1.76 bits per heavy atom. The molecule has 1 atom stereocenters. The van der Waals surface area contributed by atoms with Gasteiger partial charge < -0.3 is 14.7 Å². The molecule has 7 heteroatoms. The van der Waals surface area contributed by atoms with Crippen LogP contribution in [0.1, 0.15) is 64.4 Å². The minimum atomic E-state index is 0.236. The van der Waals surface area contributed by atoms with Crippen molar-refractivity contribution in [2.75, 3.05) is 44.2 Å². The number of carbonyl (C=O) groups excluding carboxylic acids is 1. The van der Waals surface area contributed by atoms with Gasteiger partial charge in [0.1, 0.15) is 0 Å². The van der Waals surface area contributed by atoms with E-state index in [4.69, 9.17) is 4.98 Å². The summed E-state index contributed by atoms with van der Waals surface area (Å²) in [5, 5.41) is 4.59. The third kappa shape index (κ3) is 5.05. The van der Waals surface area contributed by atoms with E-state index in [0.29, 0.717) is 17.9 Å². The molecule has 0 bridgehead atoms. The number of piperazine rings is 1. The Kier molecular flexibility index (Phi) is 7.12. The molecule has 5 heterocycles. The van der Waals surface area contributed by atoms with Gasteiger partial charge in [0.15, 0.2) is 0 Å². The first-order valence-corrected chi connectivity index (χ1v) is 14.7. The zero-order valence-electron chi connectivity index (χ0n) is 23.2. The average Bonchev–Trinajstić information content (AvgIpc) is 3.61. The van der Waals surface area contributed by atoms with Crippen LogP contribution in [0.5, 0.6) is 0 Å². The Bertz CT molecular complexity index is 1250. The molecule has 2 aliphatic heterocycles. The molecule has 6 rings (SSSR count). The molecule has 3 aromatic rings. The van der Waals surface area contributed by atoms with Crippen LogP contribution in [-0.4, -0.2) is 75.6 Å². The lowest BCUT2D eigenvalue weighted by Gasteiger charge is -2.38. The largest absolute Gasteiger partial charge is 0.366 e. The SMILES string of the molecule is CC(C)N1CC[C@@H](c2ccc(-c3cc4c(N5CCN(C(=O)[C@H]6CC[C@H](C)CC6)CC5)ccnn4c3)nc2)C1. The molecule has 0 radical (unpaired) electrons. The zero-order valence-corrected chi connectivity index (χ0v) is 23.2. The van der Waals surface area contributed by atoms with E-state index in [2.05, 4.69) is 77.2 Å². The standard InChI is InChI=1S/C31H42N6O/c1-22(2)36-13-11-26(20-36)25-8-9-28(32-19-25)27-18-30-29(10-12-33-37(30)21-27)34-14-16-35(17-15-34)31(38)24-6-4-23(3)5-7-24/h8-10,12,18-19,21-24,26H,4-7,11,13-17,20H2,1-3H3/t23-,24-,26-/m1/s1. The summed E-state index contributed by atoms with van der Waals surface area (Å²) in [4.78, 5) is 25.0. The first-order chi connectivity index (χ1) is 18.5. The summed E-state index contributed by atoms with van der Waals surface area (Å²) < 4.78 is 1.97. The highest BCUT2D eigenvalue weighted by molar-refractivity contribution is 5.81. The molecule has 7 nitrogen and oxygen atoms in total. The molecule has 2 saturated heterocycles. The van der Waals surface area contributed by atoms with E-state index in [1.54, 1.807) is 0 Å². The predicted octanol–water partition coefficient (Wildman–Crippen LogP) is 5.07. The molecule has 3 aromatic heterocycles. The molecule has 0 spiro atoms. The van der Waals surface area contributed by atoms with E-state index in [1.807, 2.05) is 10.7 Å². The summed E-state index contributed by atoms with van der Waals surface area (Å²) in [6, 6.07) is 9.35. The number of carbonyl (C=O) groups is 1. The maximum Gasteiger partial charge on any atom is 0.225 e. The number of pyridine rings is 1. The molecule has 3 fully saturated rings. The molecular formula is C31H42N6O. The minimum Gasteiger partial charge on any atom is -0.366 e. The number of nitrogens with zero attached hydrogens (tertiary/aromatic N) is 6. The second-order valence-corrected chi connectivity index (χ2v) is 12.1. The topological polar surface area (TPSA) is 57.0 Å². The number of fused-ring (bicyclic) bond motifs is 1. The monoisotopic (exact) mass is 514 g/mol. The smallest absolute Gasteiger partial charge is 0.225 e. The molecule has 1 aliphatic carbocycles. The maximum atomic E-state index is 13.1. The number of amides is 1. The van der Waals surface area contributed by atoms with Gasteiger partial charge in [0.25, 0.3) is 0 Å². The Balaban J connectivity index is 1.13. The van der Waals surface area contributed by atoms with Gasteiger partial charge in [-0.05, 0) is 88.1 Å². The lowest BCUT2D eigenvalue weighted by molar-refractivity contribution is -0.137. The summed E-state index contributed by atoms with van der Waals surface area (Å²) in [7, 11) is 0. The Hall–Kier alpha value is -2.93. The third-order valence-corrected chi connectivity index (χ3v) is 9.29.